The lowest BCUT2D eigenvalue weighted by Crippen LogP contribution is -2.54. The van der Waals surface area contributed by atoms with Gasteiger partial charge in [-0.15, -0.1) is 0 Å². The Hall–Kier alpha value is -1.71. The maximum atomic E-state index is 12.5. The molecule has 8 nitrogen and oxygen atoms in total. The van der Waals surface area contributed by atoms with Gasteiger partial charge in [0.15, 0.2) is 0 Å². The number of nitrogens with one attached hydrogen (secondary N) is 2. The zero-order chi connectivity index (χ0) is 19.2. The van der Waals surface area contributed by atoms with Crippen LogP contribution in [-0.4, -0.2) is 62.9 Å². The number of nitrogens with zero attached hydrogens (tertiary/aromatic N) is 2. The van der Waals surface area contributed by atoms with Gasteiger partial charge < -0.3 is 9.64 Å². The van der Waals surface area contributed by atoms with Gasteiger partial charge in [0.2, 0.25) is 10.0 Å². The Labute approximate surface area is 155 Å². The van der Waals surface area contributed by atoms with Crippen LogP contribution in [0.2, 0.25) is 0 Å². The van der Waals surface area contributed by atoms with Gasteiger partial charge >= 0.3 is 6.03 Å². The number of aryl methyl sites for hydroxylation is 1. The molecule has 2 heterocycles. The normalized spacial score (nSPS) is 18.2. The number of rotatable bonds is 7. The molecule has 0 bridgehead atoms. The second kappa shape index (κ2) is 9.29. The third-order valence-electron chi connectivity index (χ3n) is 4.14. The maximum absolute atomic E-state index is 12.5. The molecule has 0 saturated carbocycles. The molecule has 1 atom stereocenters. The number of aromatic nitrogens is 1. The Bertz CT molecular complexity index is 691. The molecule has 1 aromatic heterocycles. The summed E-state index contributed by atoms with van der Waals surface area (Å²) in [4.78, 5) is 18.4. The monoisotopic (exact) mass is 384 g/mol. The maximum Gasteiger partial charge on any atom is 0.323 e. The summed E-state index contributed by atoms with van der Waals surface area (Å²) in [5, 5.41) is 2.77. The lowest BCUT2D eigenvalue weighted by atomic mass is 10.0. The second-order valence-electron chi connectivity index (χ2n) is 6.96. The van der Waals surface area contributed by atoms with Crippen LogP contribution in [0.4, 0.5) is 10.6 Å². The summed E-state index contributed by atoms with van der Waals surface area (Å²) in [6.07, 6.45) is 4.92. The van der Waals surface area contributed by atoms with E-state index in [1.165, 1.54) is 0 Å². The van der Waals surface area contributed by atoms with E-state index >= 15 is 0 Å². The van der Waals surface area contributed by atoms with E-state index in [2.05, 4.69) is 28.9 Å². The van der Waals surface area contributed by atoms with Gasteiger partial charge in [-0.2, -0.15) is 0 Å². The molecule has 26 heavy (non-hydrogen) atoms. The quantitative estimate of drug-likeness (QED) is 0.741. The number of hydrogen-bond acceptors (Lipinski definition) is 5. The number of amides is 2. The van der Waals surface area contributed by atoms with Gasteiger partial charge in [0.05, 0.1) is 25.5 Å². The van der Waals surface area contributed by atoms with Gasteiger partial charge in [-0.05, 0) is 30.4 Å². The molecule has 2 rings (SSSR count). The fourth-order valence-electron chi connectivity index (χ4n) is 2.62. The number of ether oxygens (including phenoxy) is 1. The molecule has 1 aromatic rings. The van der Waals surface area contributed by atoms with Crippen molar-refractivity contribution in [1.29, 1.82) is 0 Å². The van der Waals surface area contributed by atoms with Crippen LogP contribution >= 0.6 is 0 Å². The number of morpholine rings is 1. The van der Waals surface area contributed by atoms with Crippen LogP contribution in [0.3, 0.4) is 0 Å². The number of hydrogen-bond donors (Lipinski definition) is 2. The average molecular weight is 385 g/mol. The fraction of sp³-hybridized carbons (Fsp3) is 0.647. The number of pyridine rings is 1. The first-order chi connectivity index (χ1) is 12.2. The largest absolute Gasteiger partial charge is 0.377 e. The van der Waals surface area contributed by atoms with E-state index in [-0.39, 0.29) is 25.2 Å². The topological polar surface area (TPSA) is 101 Å². The molecule has 2 amide bonds. The molecular weight excluding hydrogens is 356 g/mol. The van der Waals surface area contributed by atoms with E-state index in [0.717, 1.165) is 24.7 Å². The van der Waals surface area contributed by atoms with E-state index in [0.29, 0.717) is 24.9 Å². The Morgan fingerprint density at radius 1 is 1.42 bits per heavy atom. The van der Waals surface area contributed by atoms with Crippen LogP contribution in [0.5, 0.6) is 0 Å². The Balaban J connectivity index is 1.93. The lowest BCUT2D eigenvalue weighted by molar-refractivity contribution is 0.0176. The summed E-state index contributed by atoms with van der Waals surface area (Å²) in [5.41, 5.74) is 1.14. The summed E-state index contributed by atoms with van der Waals surface area (Å²) in [7, 11) is -3.32. The van der Waals surface area contributed by atoms with Gasteiger partial charge in [0.1, 0.15) is 5.82 Å². The highest BCUT2D eigenvalue weighted by atomic mass is 32.2. The van der Waals surface area contributed by atoms with Crippen LogP contribution in [0.15, 0.2) is 18.3 Å². The number of carbonyl (C=O) groups excluding carboxylic acids is 1. The molecule has 1 saturated heterocycles. The molecule has 0 spiro atoms. The van der Waals surface area contributed by atoms with Crippen molar-refractivity contribution in [1.82, 2.24) is 14.6 Å². The van der Waals surface area contributed by atoms with Crippen molar-refractivity contribution in [3.63, 3.8) is 0 Å². The molecule has 9 heteroatoms. The van der Waals surface area contributed by atoms with Crippen LogP contribution in [0.25, 0.3) is 0 Å². The molecule has 0 radical (unpaired) electrons. The second-order valence-corrected chi connectivity index (χ2v) is 8.79. The minimum absolute atomic E-state index is 0.119. The van der Waals surface area contributed by atoms with Gasteiger partial charge in [-0.1, -0.05) is 19.9 Å². The molecule has 2 N–H and O–H groups in total. The zero-order valence-corrected chi connectivity index (χ0v) is 16.4. The van der Waals surface area contributed by atoms with Crippen molar-refractivity contribution < 1.29 is 17.9 Å². The first-order valence-electron chi connectivity index (χ1n) is 8.79. The SMILES string of the molecule is CC(C)CCc1ccc(NC(=O)N2CCOCC2CNS(C)(=O)=O)nc1. The van der Waals surface area contributed by atoms with E-state index in [1.54, 1.807) is 17.2 Å². The highest BCUT2D eigenvalue weighted by Gasteiger charge is 2.28. The van der Waals surface area contributed by atoms with Crippen molar-refractivity contribution in [2.24, 2.45) is 5.92 Å². The smallest absolute Gasteiger partial charge is 0.323 e. The summed E-state index contributed by atoms with van der Waals surface area (Å²) in [5.74, 6) is 1.11. The molecular formula is C17H28N4O4S. The molecule has 0 aliphatic carbocycles. The van der Waals surface area contributed by atoms with Crippen molar-refractivity contribution in [2.45, 2.75) is 32.7 Å². The molecule has 1 fully saturated rings. The van der Waals surface area contributed by atoms with Crippen LogP contribution in [0, 0.1) is 5.92 Å². The number of urea groups is 1. The van der Waals surface area contributed by atoms with E-state index in [4.69, 9.17) is 4.74 Å². The van der Waals surface area contributed by atoms with Crippen molar-refractivity contribution >= 4 is 21.9 Å². The van der Waals surface area contributed by atoms with Crippen molar-refractivity contribution in [3.05, 3.63) is 23.9 Å². The van der Waals surface area contributed by atoms with Crippen molar-refractivity contribution in [3.8, 4) is 0 Å². The van der Waals surface area contributed by atoms with Crippen LogP contribution in [-0.2, 0) is 21.2 Å². The Morgan fingerprint density at radius 3 is 2.81 bits per heavy atom. The Morgan fingerprint density at radius 2 is 2.19 bits per heavy atom. The van der Waals surface area contributed by atoms with Crippen molar-refractivity contribution in [2.75, 3.05) is 37.9 Å². The zero-order valence-electron chi connectivity index (χ0n) is 15.6. The lowest BCUT2D eigenvalue weighted by Gasteiger charge is -2.35. The predicted octanol–water partition coefficient (Wildman–Crippen LogP) is 1.45. The summed E-state index contributed by atoms with van der Waals surface area (Å²) < 4.78 is 30.4. The average Bonchev–Trinajstić information content (AvgIpc) is 2.59. The van der Waals surface area contributed by atoms with E-state index < -0.39 is 10.0 Å². The molecule has 1 aliphatic rings. The van der Waals surface area contributed by atoms with Gasteiger partial charge in [0.25, 0.3) is 0 Å². The molecule has 1 aliphatic heterocycles. The minimum Gasteiger partial charge on any atom is -0.377 e. The molecule has 0 aromatic carbocycles. The minimum atomic E-state index is -3.32. The van der Waals surface area contributed by atoms with Gasteiger partial charge in [-0.25, -0.2) is 22.9 Å². The highest BCUT2D eigenvalue weighted by Crippen LogP contribution is 2.13. The number of anilines is 1. The van der Waals surface area contributed by atoms with E-state index in [9.17, 15) is 13.2 Å². The fourth-order valence-corrected chi connectivity index (χ4v) is 3.12. The van der Waals surface area contributed by atoms with Gasteiger partial charge in [0, 0.05) is 19.3 Å². The number of sulfonamides is 1. The molecule has 1 unspecified atom stereocenters. The highest BCUT2D eigenvalue weighted by molar-refractivity contribution is 7.88. The number of carbonyl (C=O) groups is 1. The van der Waals surface area contributed by atoms with Gasteiger partial charge in [-0.3, -0.25) is 5.32 Å². The van der Waals surface area contributed by atoms with E-state index in [1.807, 2.05) is 6.07 Å². The predicted molar refractivity (Wildman–Crippen MR) is 101 cm³/mol. The molecule has 146 valence electrons. The summed E-state index contributed by atoms with van der Waals surface area (Å²) in [6, 6.07) is 3.09. The Kier molecular flexibility index (Phi) is 7.36. The third-order valence-corrected chi connectivity index (χ3v) is 4.83. The first-order valence-corrected chi connectivity index (χ1v) is 10.7. The standard InChI is InChI=1S/C17H28N4O4S/c1-13(2)4-5-14-6-7-16(18-10-14)20-17(22)21-8-9-25-12-15(21)11-19-26(3,23)24/h6-7,10,13,15,19H,4-5,8-9,11-12H2,1-3H3,(H,18,20,22). The summed E-state index contributed by atoms with van der Waals surface area (Å²) in [6.45, 7) is 5.59. The van der Waals surface area contributed by atoms with Crippen LogP contribution < -0.4 is 10.0 Å². The summed E-state index contributed by atoms with van der Waals surface area (Å²) >= 11 is 0. The van der Waals surface area contributed by atoms with Crippen LogP contribution in [0.1, 0.15) is 25.8 Å². The first kappa shape index (κ1) is 20.6. The third kappa shape index (κ3) is 6.89.